The van der Waals surface area contributed by atoms with Crippen LogP contribution in [-0.4, -0.2) is 40.0 Å². The Hall–Kier alpha value is -4.08. The predicted octanol–water partition coefficient (Wildman–Crippen LogP) is 3.08. The standard InChI is InChI=1S/C18H16N6O4/c1-23(14-6-4-3-5-13(14)18(25)28-2)17-15(24(26)27)16(20-11-21-17)22-12-7-9-19-10-8-12/h3-11H,1-2H3,(H,19,20,21,22). The van der Waals surface area contributed by atoms with Crippen LogP contribution in [0.25, 0.3) is 0 Å². The maximum atomic E-state index is 12.1. The van der Waals surface area contributed by atoms with Crippen LogP contribution < -0.4 is 10.2 Å². The number of hydrogen-bond donors (Lipinski definition) is 1. The molecule has 0 atom stereocenters. The lowest BCUT2D eigenvalue weighted by Crippen LogP contribution is -2.18. The summed E-state index contributed by atoms with van der Waals surface area (Å²) in [5.41, 5.74) is 0.914. The summed E-state index contributed by atoms with van der Waals surface area (Å²) in [6.45, 7) is 0. The van der Waals surface area contributed by atoms with Crippen LogP contribution in [0.5, 0.6) is 0 Å². The van der Waals surface area contributed by atoms with Gasteiger partial charge in [0.05, 0.1) is 23.3 Å². The van der Waals surface area contributed by atoms with E-state index in [0.717, 1.165) is 0 Å². The van der Waals surface area contributed by atoms with Gasteiger partial charge in [-0.25, -0.2) is 14.8 Å². The second kappa shape index (κ2) is 8.08. The highest BCUT2D eigenvalue weighted by Gasteiger charge is 2.28. The van der Waals surface area contributed by atoms with Crippen molar-refractivity contribution in [3.63, 3.8) is 0 Å². The molecule has 2 aromatic heterocycles. The molecule has 0 bridgehead atoms. The Labute approximate surface area is 160 Å². The molecule has 0 aliphatic rings. The van der Waals surface area contributed by atoms with Gasteiger partial charge in [-0.2, -0.15) is 0 Å². The lowest BCUT2D eigenvalue weighted by Gasteiger charge is -2.21. The Morgan fingerprint density at radius 2 is 1.89 bits per heavy atom. The summed E-state index contributed by atoms with van der Waals surface area (Å²) in [5, 5.41) is 14.7. The monoisotopic (exact) mass is 380 g/mol. The predicted molar refractivity (Wildman–Crippen MR) is 102 cm³/mol. The molecule has 1 aromatic carbocycles. The van der Waals surface area contributed by atoms with E-state index in [2.05, 4.69) is 20.3 Å². The summed E-state index contributed by atoms with van der Waals surface area (Å²) in [5.74, 6) is -0.522. The van der Waals surface area contributed by atoms with Gasteiger partial charge >= 0.3 is 11.7 Å². The topological polar surface area (TPSA) is 123 Å². The quantitative estimate of drug-likeness (QED) is 0.390. The smallest absolute Gasteiger partial charge is 0.354 e. The number of aromatic nitrogens is 3. The van der Waals surface area contributed by atoms with Crippen LogP contribution in [0.3, 0.4) is 0 Å². The molecule has 2 heterocycles. The molecule has 0 saturated heterocycles. The number of carbonyl (C=O) groups is 1. The number of esters is 1. The second-order valence-electron chi connectivity index (χ2n) is 5.58. The van der Waals surface area contributed by atoms with Crippen LogP contribution in [0.4, 0.5) is 28.7 Å². The molecule has 0 unspecified atom stereocenters. The van der Waals surface area contributed by atoms with E-state index in [0.29, 0.717) is 11.4 Å². The van der Waals surface area contributed by atoms with Crippen molar-refractivity contribution in [3.8, 4) is 0 Å². The number of ether oxygens (including phenoxy) is 1. The first-order valence-electron chi connectivity index (χ1n) is 8.10. The van der Waals surface area contributed by atoms with Gasteiger partial charge in [0, 0.05) is 25.1 Å². The third kappa shape index (κ3) is 3.70. The molecule has 0 spiro atoms. The van der Waals surface area contributed by atoms with Crippen LogP contribution in [-0.2, 0) is 4.74 Å². The van der Waals surface area contributed by atoms with Gasteiger partial charge in [-0.15, -0.1) is 0 Å². The van der Waals surface area contributed by atoms with Gasteiger partial charge in [-0.05, 0) is 24.3 Å². The van der Waals surface area contributed by atoms with E-state index in [-0.39, 0.29) is 22.9 Å². The van der Waals surface area contributed by atoms with Gasteiger partial charge in [0.15, 0.2) is 0 Å². The van der Waals surface area contributed by atoms with Gasteiger partial charge in [-0.3, -0.25) is 15.1 Å². The second-order valence-corrected chi connectivity index (χ2v) is 5.58. The molecule has 10 heteroatoms. The van der Waals surface area contributed by atoms with Crippen molar-refractivity contribution in [3.05, 3.63) is 70.8 Å². The number of nitrogens with zero attached hydrogens (tertiary/aromatic N) is 5. The van der Waals surface area contributed by atoms with E-state index in [1.54, 1.807) is 55.8 Å². The van der Waals surface area contributed by atoms with Gasteiger partial charge in [0.2, 0.25) is 11.6 Å². The molecular weight excluding hydrogens is 364 g/mol. The molecule has 0 aliphatic carbocycles. The van der Waals surface area contributed by atoms with E-state index < -0.39 is 10.9 Å². The van der Waals surface area contributed by atoms with E-state index in [1.165, 1.54) is 18.3 Å². The van der Waals surface area contributed by atoms with Crippen molar-refractivity contribution in [1.29, 1.82) is 0 Å². The lowest BCUT2D eigenvalue weighted by atomic mass is 10.1. The maximum absolute atomic E-state index is 12.1. The SMILES string of the molecule is COC(=O)c1ccccc1N(C)c1ncnc(Nc2ccncc2)c1[N+](=O)[O-]. The van der Waals surface area contributed by atoms with Gasteiger partial charge in [0.25, 0.3) is 0 Å². The van der Waals surface area contributed by atoms with Crippen LogP contribution in [0.2, 0.25) is 0 Å². The molecule has 3 aromatic rings. The Bertz CT molecular complexity index is 1010. The Morgan fingerprint density at radius 1 is 1.18 bits per heavy atom. The minimum absolute atomic E-state index is 0.0172. The van der Waals surface area contributed by atoms with E-state index >= 15 is 0 Å². The van der Waals surface area contributed by atoms with Crippen LogP contribution in [0.1, 0.15) is 10.4 Å². The fourth-order valence-electron chi connectivity index (χ4n) is 2.61. The van der Waals surface area contributed by atoms with Crippen LogP contribution >= 0.6 is 0 Å². The van der Waals surface area contributed by atoms with Crippen molar-refractivity contribution in [2.24, 2.45) is 0 Å². The average molecular weight is 380 g/mol. The largest absolute Gasteiger partial charge is 0.465 e. The number of methoxy groups -OCH3 is 1. The molecule has 142 valence electrons. The number of nitrogens with one attached hydrogen (secondary N) is 1. The Kier molecular flexibility index (Phi) is 5.40. The molecular formula is C18H16N6O4. The summed E-state index contributed by atoms with van der Waals surface area (Å²) < 4.78 is 4.79. The average Bonchev–Trinajstić information content (AvgIpc) is 2.73. The number of hydrogen-bond acceptors (Lipinski definition) is 9. The zero-order valence-electron chi connectivity index (χ0n) is 15.1. The molecule has 0 amide bonds. The fraction of sp³-hybridized carbons (Fsp3) is 0.111. The Balaban J connectivity index is 2.09. The summed E-state index contributed by atoms with van der Waals surface area (Å²) in [7, 11) is 2.84. The maximum Gasteiger partial charge on any atom is 0.354 e. The number of para-hydroxylation sites is 1. The first-order valence-corrected chi connectivity index (χ1v) is 8.10. The van der Waals surface area contributed by atoms with Crippen molar-refractivity contribution >= 4 is 34.7 Å². The number of anilines is 4. The summed E-state index contributed by atoms with van der Waals surface area (Å²) in [6.07, 6.45) is 4.31. The molecule has 0 fully saturated rings. The van der Waals surface area contributed by atoms with Gasteiger partial charge in [-0.1, -0.05) is 12.1 Å². The number of benzene rings is 1. The molecule has 0 aliphatic heterocycles. The molecule has 0 radical (unpaired) electrons. The van der Waals surface area contributed by atoms with E-state index in [9.17, 15) is 14.9 Å². The first-order chi connectivity index (χ1) is 13.5. The van der Waals surface area contributed by atoms with Crippen molar-refractivity contribution in [2.45, 2.75) is 0 Å². The minimum atomic E-state index is -0.573. The normalized spacial score (nSPS) is 10.2. The molecule has 28 heavy (non-hydrogen) atoms. The van der Waals surface area contributed by atoms with Gasteiger partial charge in [0.1, 0.15) is 6.33 Å². The number of pyridine rings is 1. The summed E-state index contributed by atoms with van der Waals surface area (Å²) in [4.78, 5) is 36.7. The highest BCUT2D eigenvalue weighted by Crippen LogP contribution is 2.37. The van der Waals surface area contributed by atoms with Crippen LogP contribution in [0, 0.1) is 10.1 Å². The first kappa shape index (κ1) is 18.7. The molecule has 10 nitrogen and oxygen atoms in total. The summed E-state index contributed by atoms with van der Waals surface area (Å²) >= 11 is 0. The lowest BCUT2D eigenvalue weighted by molar-refractivity contribution is -0.383. The van der Waals surface area contributed by atoms with Crippen molar-refractivity contribution < 1.29 is 14.5 Å². The molecule has 0 saturated carbocycles. The van der Waals surface area contributed by atoms with E-state index in [4.69, 9.17) is 4.74 Å². The third-order valence-electron chi connectivity index (χ3n) is 3.92. The third-order valence-corrected chi connectivity index (χ3v) is 3.92. The number of rotatable bonds is 6. The van der Waals surface area contributed by atoms with Crippen LogP contribution in [0.15, 0.2) is 55.1 Å². The van der Waals surface area contributed by atoms with E-state index in [1.807, 2.05) is 0 Å². The summed E-state index contributed by atoms with van der Waals surface area (Å²) in [6, 6.07) is 9.91. The number of nitro groups is 1. The van der Waals surface area contributed by atoms with Gasteiger partial charge < -0.3 is 15.0 Å². The zero-order chi connectivity index (χ0) is 20.1. The minimum Gasteiger partial charge on any atom is -0.465 e. The fourth-order valence-corrected chi connectivity index (χ4v) is 2.61. The molecule has 3 rings (SSSR count). The zero-order valence-corrected chi connectivity index (χ0v) is 15.1. The molecule has 1 N–H and O–H groups in total. The van der Waals surface area contributed by atoms with Crippen molar-refractivity contribution in [2.75, 3.05) is 24.4 Å². The van der Waals surface area contributed by atoms with Crippen molar-refractivity contribution in [1.82, 2.24) is 15.0 Å². The highest BCUT2D eigenvalue weighted by atomic mass is 16.6. The Morgan fingerprint density at radius 3 is 2.57 bits per heavy atom. The highest BCUT2D eigenvalue weighted by molar-refractivity contribution is 5.97. The number of carbonyl (C=O) groups excluding carboxylic acids is 1.